The quantitative estimate of drug-likeness (QED) is 0.897. The first-order valence-electron chi connectivity index (χ1n) is 7.05. The molecule has 2 aliphatic heterocycles. The molecule has 3 rings (SSSR count). The van der Waals surface area contributed by atoms with Crippen molar-refractivity contribution in [2.24, 2.45) is 11.8 Å². The molecule has 3 unspecified atom stereocenters. The molecule has 104 valence electrons. The van der Waals surface area contributed by atoms with Gasteiger partial charge < -0.3 is 5.32 Å². The van der Waals surface area contributed by atoms with Gasteiger partial charge in [-0.3, -0.25) is 4.90 Å². The summed E-state index contributed by atoms with van der Waals surface area (Å²) >= 11 is 12.3. The fourth-order valence-corrected chi connectivity index (χ4v) is 4.02. The van der Waals surface area contributed by atoms with E-state index in [0.717, 1.165) is 16.9 Å². The van der Waals surface area contributed by atoms with Gasteiger partial charge in [0, 0.05) is 22.6 Å². The Balaban J connectivity index is 1.74. The molecule has 3 atom stereocenters. The van der Waals surface area contributed by atoms with Crippen molar-refractivity contribution >= 4 is 23.2 Å². The lowest BCUT2D eigenvalue weighted by molar-refractivity contribution is 0.111. The van der Waals surface area contributed by atoms with E-state index < -0.39 is 0 Å². The maximum Gasteiger partial charge on any atom is 0.0468 e. The molecule has 4 heteroatoms. The predicted octanol–water partition coefficient (Wildman–Crippen LogP) is 3.60. The van der Waals surface area contributed by atoms with Gasteiger partial charge >= 0.3 is 0 Å². The van der Waals surface area contributed by atoms with Crippen LogP contribution in [0.1, 0.15) is 24.9 Å². The van der Waals surface area contributed by atoms with Crippen molar-refractivity contribution in [1.82, 2.24) is 10.2 Å². The molecule has 1 aromatic carbocycles. The highest BCUT2D eigenvalue weighted by Crippen LogP contribution is 2.34. The van der Waals surface area contributed by atoms with E-state index in [4.69, 9.17) is 23.2 Å². The second-order valence-corrected chi connectivity index (χ2v) is 6.65. The fourth-order valence-electron chi connectivity index (χ4n) is 3.45. The molecule has 19 heavy (non-hydrogen) atoms. The van der Waals surface area contributed by atoms with Gasteiger partial charge in [-0.15, -0.1) is 0 Å². The number of halogens is 2. The van der Waals surface area contributed by atoms with Crippen LogP contribution in [-0.2, 0) is 0 Å². The molecular weight excluding hydrogens is 279 g/mol. The molecule has 2 aliphatic rings. The summed E-state index contributed by atoms with van der Waals surface area (Å²) in [4.78, 5) is 2.56. The maximum absolute atomic E-state index is 6.33. The molecular formula is C15H20Cl2N2. The zero-order chi connectivity index (χ0) is 13.4. The summed E-state index contributed by atoms with van der Waals surface area (Å²) in [5.74, 6) is 1.69. The second-order valence-electron chi connectivity index (χ2n) is 5.80. The Kier molecular flexibility index (Phi) is 4.04. The summed E-state index contributed by atoms with van der Waals surface area (Å²) in [6.07, 6.45) is 1.30. The number of hydrogen-bond donors (Lipinski definition) is 1. The monoisotopic (exact) mass is 298 g/mol. The average molecular weight is 299 g/mol. The van der Waals surface area contributed by atoms with Crippen LogP contribution in [0.4, 0.5) is 0 Å². The van der Waals surface area contributed by atoms with Gasteiger partial charge in [-0.05, 0) is 62.5 Å². The molecule has 0 spiro atoms. The Labute approximate surface area is 125 Å². The Hall–Kier alpha value is -0.280. The van der Waals surface area contributed by atoms with Crippen molar-refractivity contribution in [2.45, 2.75) is 19.4 Å². The Morgan fingerprint density at radius 3 is 2.84 bits per heavy atom. The third-order valence-electron chi connectivity index (χ3n) is 4.70. The van der Waals surface area contributed by atoms with Gasteiger partial charge in [0.15, 0.2) is 0 Å². The highest BCUT2D eigenvalue weighted by Gasteiger charge is 2.34. The third kappa shape index (κ3) is 2.78. The molecule has 0 bridgehead atoms. The van der Waals surface area contributed by atoms with Gasteiger partial charge in [-0.2, -0.15) is 0 Å². The van der Waals surface area contributed by atoms with E-state index in [-0.39, 0.29) is 0 Å². The lowest BCUT2D eigenvalue weighted by Gasteiger charge is -2.38. The molecule has 2 heterocycles. The number of nitrogens with one attached hydrogen (secondary N) is 1. The van der Waals surface area contributed by atoms with Gasteiger partial charge in [0.2, 0.25) is 0 Å². The van der Waals surface area contributed by atoms with Gasteiger partial charge in [0.1, 0.15) is 0 Å². The van der Waals surface area contributed by atoms with Crippen LogP contribution in [0.25, 0.3) is 0 Å². The minimum absolute atomic E-state index is 0.367. The van der Waals surface area contributed by atoms with Crippen molar-refractivity contribution in [3.05, 3.63) is 33.8 Å². The first-order valence-corrected chi connectivity index (χ1v) is 7.80. The highest BCUT2D eigenvalue weighted by molar-refractivity contribution is 6.35. The number of fused-ring (bicyclic) bond motifs is 1. The maximum atomic E-state index is 6.33. The Morgan fingerprint density at radius 2 is 2.05 bits per heavy atom. The largest absolute Gasteiger partial charge is 0.316 e. The molecule has 0 radical (unpaired) electrons. The first-order chi connectivity index (χ1) is 9.15. The lowest BCUT2D eigenvalue weighted by Crippen LogP contribution is -2.41. The minimum Gasteiger partial charge on any atom is -0.316 e. The van der Waals surface area contributed by atoms with Gasteiger partial charge in [-0.1, -0.05) is 29.3 Å². The van der Waals surface area contributed by atoms with Crippen LogP contribution in [0, 0.1) is 11.8 Å². The summed E-state index contributed by atoms with van der Waals surface area (Å²) in [6, 6.07) is 6.21. The molecule has 1 N–H and O–H groups in total. The fraction of sp³-hybridized carbons (Fsp3) is 0.600. The topological polar surface area (TPSA) is 15.3 Å². The van der Waals surface area contributed by atoms with E-state index in [1.807, 2.05) is 12.1 Å². The van der Waals surface area contributed by atoms with E-state index >= 15 is 0 Å². The van der Waals surface area contributed by atoms with Crippen molar-refractivity contribution < 1.29 is 0 Å². The summed E-state index contributed by atoms with van der Waals surface area (Å²) < 4.78 is 0. The van der Waals surface area contributed by atoms with E-state index in [1.165, 1.54) is 38.2 Å². The zero-order valence-electron chi connectivity index (χ0n) is 11.2. The van der Waals surface area contributed by atoms with Crippen LogP contribution in [0.15, 0.2) is 18.2 Å². The van der Waals surface area contributed by atoms with Crippen LogP contribution in [-0.4, -0.2) is 31.1 Å². The number of benzene rings is 1. The number of rotatable bonds is 2. The molecule has 0 aliphatic carbocycles. The number of piperidine rings is 1. The van der Waals surface area contributed by atoms with Crippen LogP contribution in [0.3, 0.4) is 0 Å². The van der Waals surface area contributed by atoms with E-state index in [9.17, 15) is 0 Å². The summed E-state index contributed by atoms with van der Waals surface area (Å²) in [5, 5.41) is 5.00. The lowest BCUT2D eigenvalue weighted by atomic mass is 9.87. The molecule has 2 nitrogen and oxygen atoms in total. The van der Waals surface area contributed by atoms with Crippen molar-refractivity contribution in [3.63, 3.8) is 0 Å². The third-order valence-corrected chi connectivity index (χ3v) is 5.26. The SMILES string of the molecule is CC(c1ccc(Cl)cc1Cl)N1CCC2CNCC2C1. The molecule has 2 saturated heterocycles. The van der Waals surface area contributed by atoms with Crippen LogP contribution < -0.4 is 5.32 Å². The number of hydrogen-bond acceptors (Lipinski definition) is 2. The average Bonchev–Trinajstić information content (AvgIpc) is 2.85. The molecule has 2 fully saturated rings. The molecule has 1 aromatic rings. The molecule has 0 amide bonds. The van der Waals surface area contributed by atoms with Crippen LogP contribution >= 0.6 is 23.2 Å². The molecule has 0 saturated carbocycles. The standard InChI is InChI=1S/C15H20Cl2N2/c1-10(14-3-2-13(16)6-15(14)17)19-5-4-11-7-18-8-12(11)9-19/h2-3,6,10-12,18H,4-5,7-9H2,1H3. The van der Waals surface area contributed by atoms with Crippen LogP contribution in [0.5, 0.6) is 0 Å². The second kappa shape index (κ2) is 5.61. The Bertz CT molecular complexity index is 463. The highest BCUT2D eigenvalue weighted by atomic mass is 35.5. The van der Waals surface area contributed by atoms with Crippen LogP contribution in [0.2, 0.25) is 10.0 Å². The van der Waals surface area contributed by atoms with Gasteiger partial charge in [0.05, 0.1) is 0 Å². The molecule has 0 aromatic heterocycles. The summed E-state index contributed by atoms with van der Waals surface area (Å²) in [7, 11) is 0. The number of likely N-dealkylation sites (tertiary alicyclic amines) is 1. The van der Waals surface area contributed by atoms with E-state index in [2.05, 4.69) is 23.2 Å². The normalized spacial score (nSPS) is 29.2. The smallest absolute Gasteiger partial charge is 0.0468 e. The van der Waals surface area contributed by atoms with E-state index in [1.54, 1.807) is 0 Å². The minimum atomic E-state index is 0.367. The van der Waals surface area contributed by atoms with E-state index in [0.29, 0.717) is 11.1 Å². The zero-order valence-corrected chi connectivity index (χ0v) is 12.7. The van der Waals surface area contributed by atoms with Gasteiger partial charge in [0.25, 0.3) is 0 Å². The Morgan fingerprint density at radius 1 is 1.26 bits per heavy atom. The van der Waals surface area contributed by atoms with Crippen molar-refractivity contribution in [1.29, 1.82) is 0 Å². The first kappa shape index (κ1) is 13.7. The summed E-state index contributed by atoms with van der Waals surface area (Å²) in [5.41, 5.74) is 1.19. The van der Waals surface area contributed by atoms with Crippen molar-refractivity contribution in [3.8, 4) is 0 Å². The van der Waals surface area contributed by atoms with Gasteiger partial charge in [-0.25, -0.2) is 0 Å². The number of nitrogens with zero attached hydrogens (tertiary/aromatic N) is 1. The predicted molar refractivity (Wildman–Crippen MR) is 80.9 cm³/mol. The summed E-state index contributed by atoms with van der Waals surface area (Å²) in [6.45, 7) is 6.97. The van der Waals surface area contributed by atoms with Crippen molar-refractivity contribution in [2.75, 3.05) is 26.2 Å².